The highest BCUT2D eigenvalue weighted by Gasteiger charge is 2.38. The summed E-state index contributed by atoms with van der Waals surface area (Å²) in [6.07, 6.45) is -4.06. The summed E-state index contributed by atoms with van der Waals surface area (Å²) in [5.74, 6) is 1.97. The number of amides is 2. The molecule has 13 heteroatoms. The Hall–Kier alpha value is -5.38. The van der Waals surface area contributed by atoms with E-state index in [9.17, 15) is 28.0 Å². The molecule has 10 nitrogen and oxygen atoms in total. The van der Waals surface area contributed by atoms with Crippen molar-refractivity contribution in [3.8, 4) is 17.2 Å². The van der Waals surface area contributed by atoms with Crippen LogP contribution in [0, 0.1) is 11.3 Å². The molecule has 0 aromatic heterocycles. The number of hydrogen-bond acceptors (Lipinski definition) is 8. The number of aliphatic carboxylic acids is 1. The molecule has 2 amide bonds. The van der Waals surface area contributed by atoms with E-state index in [1.54, 1.807) is 13.0 Å². The number of nitrogens with zero attached hydrogens (tertiary/aromatic N) is 2. The molecule has 0 heterocycles. The summed E-state index contributed by atoms with van der Waals surface area (Å²) in [6, 6.07) is 23.6. The number of alkyl halides is 3. The Morgan fingerprint density at radius 1 is 1.10 bits per heavy atom. The molecule has 1 atom stereocenters. The number of carbonyl (C=O) groups excluding carboxylic acids is 2. The Bertz CT molecular complexity index is 1420. The van der Waals surface area contributed by atoms with Gasteiger partial charge in [-0.05, 0) is 47.4 Å². The van der Waals surface area contributed by atoms with Crippen LogP contribution in [0.4, 0.5) is 23.7 Å². The molecular formula is C28H26F3N5O5. The summed E-state index contributed by atoms with van der Waals surface area (Å²) in [5.41, 5.74) is 4.62. The third kappa shape index (κ3) is 10.4. The normalized spacial score (nSPS) is 11.4. The highest BCUT2D eigenvalue weighted by molar-refractivity contribution is 5.96. The van der Waals surface area contributed by atoms with Gasteiger partial charge < -0.3 is 21.0 Å². The van der Waals surface area contributed by atoms with E-state index in [2.05, 4.69) is 21.8 Å². The van der Waals surface area contributed by atoms with Crippen molar-refractivity contribution >= 4 is 29.9 Å². The van der Waals surface area contributed by atoms with Crippen LogP contribution in [0.15, 0.2) is 77.9 Å². The number of alkyl carbamates (subject to hydrolysis) is 1. The van der Waals surface area contributed by atoms with Gasteiger partial charge in [-0.3, -0.25) is 10.1 Å². The van der Waals surface area contributed by atoms with Crippen LogP contribution in [0.5, 0.6) is 0 Å². The van der Waals surface area contributed by atoms with E-state index in [0.717, 1.165) is 22.3 Å². The number of hydrazone groups is 1. The summed E-state index contributed by atoms with van der Waals surface area (Å²) in [6.45, 7) is 1.82. The third-order valence-electron chi connectivity index (χ3n) is 5.26. The Morgan fingerprint density at radius 2 is 1.76 bits per heavy atom. The molecule has 0 fully saturated rings. The van der Waals surface area contributed by atoms with Crippen molar-refractivity contribution in [1.82, 2.24) is 5.32 Å². The average molecular weight is 570 g/mol. The Kier molecular flexibility index (Phi) is 11.9. The smallest absolute Gasteiger partial charge is 0.475 e. The lowest BCUT2D eigenvalue weighted by Gasteiger charge is -2.20. The van der Waals surface area contributed by atoms with E-state index < -0.39 is 30.2 Å². The number of rotatable bonds is 8. The molecule has 0 aliphatic carbocycles. The molecule has 3 aromatic rings. The van der Waals surface area contributed by atoms with Crippen LogP contribution in [0.25, 0.3) is 11.1 Å². The summed E-state index contributed by atoms with van der Waals surface area (Å²) < 4.78 is 36.6. The number of carbonyl (C=O) groups is 3. The fourth-order valence-corrected chi connectivity index (χ4v) is 3.47. The third-order valence-corrected chi connectivity index (χ3v) is 5.26. The molecule has 0 bridgehead atoms. The van der Waals surface area contributed by atoms with E-state index in [1.165, 1.54) is 6.21 Å². The number of nitriles is 1. The van der Waals surface area contributed by atoms with E-state index >= 15 is 0 Å². The molecule has 0 saturated carbocycles. The van der Waals surface area contributed by atoms with Crippen molar-refractivity contribution in [2.75, 3.05) is 11.9 Å². The molecule has 214 valence electrons. The monoisotopic (exact) mass is 569 g/mol. The average Bonchev–Trinajstić information content (AvgIpc) is 2.93. The zero-order valence-corrected chi connectivity index (χ0v) is 21.7. The number of anilines is 1. The summed E-state index contributed by atoms with van der Waals surface area (Å²) in [5, 5.41) is 25.5. The molecule has 5 N–H and O–H groups in total. The van der Waals surface area contributed by atoms with Gasteiger partial charge in [-0.2, -0.15) is 23.5 Å². The van der Waals surface area contributed by atoms with Crippen LogP contribution >= 0.6 is 0 Å². The molecule has 0 unspecified atom stereocenters. The number of imide groups is 1. The first-order valence-corrected chi connectivity index (χ1v) is 11.9. The van der Waals surface area contributed by atoms with Crippen molar-refractivity contribution in [2.45, 2.75) is 25.6 Å². The lowest BCUT2D eigenvalue weighted by atomic mass is 9.99. The standard InChI is InChI=1S/C26H25N5O3.C2HF3O2/c1-2-34-26(33)31-25(32)24(15-18-6-5-7-19(14-18)17-29-28)30-22-12-10-20(11-13-22)23-9-4-3-8-21(23)16-27;3-2(4,5)1(6)7/h3-14,17,24,30H,2,15,28H2,1H3,(H,31,32,33);(H,6,7)/t24-;/m0./s1. The molecule has 41 heavy (non-hydrogen) atoms. The first-order chi connectivity index (χ1) is 19.5. The van der Waals surface area contributed by atoms with Crippen molar-refractivity contribution in [2.24, 2.45) is 10.9 Å². The van der Waals surface area contributed by atoms with Crippen LogP contribution in [-0.4, -0.2) is 48.1 Å². The van der Waals surface area contributed by atoms with E-state index in [4.69, 9.17) is 20.5 Å². The van der Waals surface area contributed by atoms with Gasteiger partial charge in [0.2, 0.25) is 0 Å². The SMILES string of the molecule is CCOC(=O)NC(=O)[C@H](Cc1cccc(C=NN)c1)Nc1ccc(-c2ccccc2C#N)cc1.O=C(O)C(F)(F)F. The summed E-state index contributed by atoms with van der Waals surface area (Å²) >= 11 is 0. The van der Waals surface area contributed by atoms with Crippen molar-refractivity contribution in [3.05, 3.63) is 89.5 Å². The first-order valence-electron chi connectivity index (χ1n) is 11.9. The summed E-state index contributed by atoms with van der Waals surface area (Å²) in [4.78, 5) is 33.6. The molecule has 0 radical (unpaired) electrons. The number of nitrogens with two attached hydrogens (primary N) is 1. The first kappa shape index (κ1) is 31.8. The molecular weight excluding hydrogens is 543 g/mol. The summed E-state index contributed by atoms with van der Waals surface area (Å²) in [7, 11) is 0. The fraction of sp³-hybridized carbons (Fsp3) is 0.179. The molecule has 3 aromatic carbocycles. The van der Waals surface area contributed by atoms with Gasteiger partial charge in [0.15, 0.2) is 0 Å². The van der Waals surface area contributed by atoms with Gasteiger partial charge in [0.1, 0.15) is 6.04 Å². The fourth-order valence-electron chi connectivity index (χ4n) is 3.47. The largest absolute Gasteiger partial charge is 0.490 e. The van der Waals surface area contributed by atoms with Gasteiger partial charge in [0, 0.05) is 12.1 Å². The van der Waals surface area contributed by atoms with Crippen LogP contribution in [0.2, 0.25) is 0 Å². The molecule has 0 saturated heterocycles. The maximum absolute atomic E-state index is 12.9. The predicted molar refractivity (Wildman–Crippen MR) is 145 cm³/mol. The van der Waals surface area contributed by atoms with Gasteiger partial charge in [-0.1, -0.05) is 54.6 Å². The quantitative estimate of drug-likeness (QED) is 0.175. The molecule has 0 spiro atoms. The van der Waals surface area contributed by atoms with Gasteiger partial charge in [-0.15, -0.1) is 0 Å². The van der Waals surface area contributed by atoms with Gasteiger partial charge >= 0.3 is 18.2 Å². The highest BCUT2D eigenvalue weighted by Crippen LogP contribution is 2.25. The minimum atomic E-state index is -5.08. The molecule has 0 aliphatic heterocycles. The zero-order chi connectivity index (χ0) is 30.4. The topological polar surface area (TPSA) is 167 Å². The number of nitrogens with one attached hydrogen (secondary N) is 2. The lowest BCUT2D eigenvalue weighted by Crippen LogP contribution is -2.44. The zero-order valence-electron chi connectivity index (χ0n) is 21.7. The Labute approximate surface area is 233 Å². The van der Waals surface area contributed by atoms with E-state index in [1.807, 2.05) is 66.7 Å². The molecule has 0 aliphatic rings. The highest BCUT2D eigenvalue weighted by atomic mass is 19.4. The minimum Gasteiger partial charge on any atom is -0.475 e. The number of benzene rings is 3. The second kappa shape index (κ2) is 15.3. The van der Waals surface area contributed by atoms with Gasteiger partial charge in [-0.25, -0.2) is 9.59 Å². The van der Waals surface area contributed by atoms with E-state index in [0.29, 0.717) is 17.7 Å². The number of carboxylic acids is 1. The van der Waals surface area contributed by atoms with Crippen molar-refractivity contribution < 1.29 is 37.4 Å². The lowest BCUT2D eigenvalue weighted by molar-refractivity contribution is -0.192. The van der Waals surface area contributed by atoms with Gasteiger partial charge in [0.05, 0.1) is 24.5 Å². The number of ether oxygens (including phenoxy) is 1. The van der Waals surface area contributed by atoms with Crippen LogP contribution in [0.1, 0.15) is 23.6 Å². The minimum absolute atomic E-state index is 0.156. The van der Waals surface area contributed by atoms with Crippen LogP contribution < -0.4 is 16.5 Å². The maximum atomic E-state index is 12.9. The van der Waals surface area contributed by atoms with Gasteiger partial charge in [0.25, 0.3) is 5.91 Å². The number of halogens is 3. The number of hydrogen-bond donors (Lipinski definition) is 4. The second-order valence-electron chi connectivity index (χ2n) is 8.17. The Balaban J connectivity index is 0.000000745. The van der Waals surface area contributed by atoms with Crippen molar-refractivity contribution in [3.63, 3.8) is 0 Å². The number of carboxylic acid groups (broad SMARTS) is 1. The van der Waals surface area contributed by atoms with Crippen LogP contribution in [-0.2, 0) is 20.7 Å². The second-order valence-corrected chi connectivity index (χ2v) is 8.17. The van der Waals surface area contributed by atoms with Crippen molar-refractivity contribution in [1.29, 1.82) is 5.26 Å². The maximum Gasteiger partial charge on any atom is 0.490 e. The Morgan fingerprint density at radius 3 is 2.34 bits per heavy atom. The molecule has 3 rings (SSSR count). The van der Waals surface area contributed by atoms with Crippen LogP contribution in [0.3, 0.4) is 0 Å². The van der Waals surface area contributed by atoms with E-state index in [-0.39, 0.29) is 6.61 Å². The predicted octanol–water partition coefficient (Wildman–Crippen LogP) is 4.45.